The van der Waals surface area contributed by atoms with Gasteiger partial charge in [0.15, 0.2) is 0 Å². The lowest BCUT2D eigenvalue weighted by atomic mass is 10.1. The minimum atomic E-state index is -3.35. The molecule has 0 fully saturated rings. The van der Waals surface area contributed by atoms with E-state index in [1.807, 2.05) is 12.1 Å². The van der Waals surface area contributed by atoms with E-state index in [1.165, 1.54) is 0 Å². The molecule has 0 aliphatic carbocycles. The fraction of sp³-hybridized carbons (Fsp3) is 0.455. The highest BCUT2D eigenvalue weighted by atomic mass is 32.2. The fourth-order valence-corrected chi connectivity index (χ4v) is 2.37. The quantitative estimate of drug-likeness (QED) is 0.749. The topological polar surface area (TPSA) is 81.4 Å². The third-order valence-electron chi connectivity index (χ3n) is 2.24. The van der Waals surface area contributed by atoms with Crippen molar-refractivity contribution in [2.24, 2.45) is 5.73 Å². The van der Waals surface area contributed by atoms with Gasteiger partial charge < -0.3 is 10.5 Å². The highest BCUT2D eigenvalue weighted by Gasteiger charge is 2.11. The molecule has 0 atom stereocenters. The normalized spacial score (nSPS) is 11.4. The number of sulfonamides is 1. The Balaban J connectivity index is 2.83. The summed E-state index contributed by atoms with van der Waals surface area (Å²) >= 11 is 0. The van der Waals surface area contributed by atoms with E-state index in [4.69, 9.17) is 10.5 Å². The Hall–Kier alpha value is -1.11. The van der Waals surface area contributed by atoms with Crippen molar-refractivity contribution >= 4 is 15.7 Å². The van der Waals surface area contributed by atoms with E-state index >= 15 is 0 Å². The van der Waals surface area contributed by atoms with Crippen molar-refractivity contribution in [2.75, 3.05) is 30.7 Å². The maximum atomic E-state index is 11.6. The summed E-state index contributed by atoms with van der Waals surface area (Å²) in [7, 11) is -1.74. The average molecular weight is 258 g/mol. The van der Waals surface area contributed by atoms with Crippen molar-refractivity contribution in [3.05, 3.63) is 29.8 Å². The number of ether oxygens (including phenoxy) is 1. The Bertz CT molecular complexity index is 446. The number of rotatable bonds is 7. The summed E-state index contributed by atoms with van der Waals surface area (Å²) < 4.78 is 30.7. The molecule has 6 heteroatoms. The van der Waals surface area contributed by atoms with E-state index in [9.17, 15) is 8.42 Å². The summed E-state index contributed by atoms with van der Waals surface area (Å²) in [5.74, 6) is -0.0778. The molecular weight excluding hydrogens is 240 g/mol. The Morgan fingerprint density at radius 1 is 1.35 bits per heavy atom. The van der Waals surface area contributed by atoms with Crippen LogP contribution < -0.4 is 10.5 Å². The van der Waals surface area contributed by atoms with E-state index < -0.39 is 10.0 Å². The molecule has 3 N–H and O–H groups in total. The predicted molar refractivity (Wildman–Crippen MR) is 68.5 cm³/mol. The van der Waals surface area contributed by atoms with Gasteiger partial charge in [0.25, 0.3) is 0 Å². The second-order valence-electron chi connectivity index (χ2n) is 3.61. The van der Waals surface area contributed by atoms with Gasteiger partial charge in [-0.15, -0.1) is 0 Å². The maximum absolute atomic E-state index is 11.6. The summed E-state index contributed by atoms with van der Waals surface area (Å²) in [5, 5.41) is 0. The summed E-state index contributed by atoms with van der Waals surface area (Å²) in [6.45, 7) is 0.658. The molecule has 96 valence electrons. The van der Waals surface area contributed by atoms with E-state index in [0.29, 0.717) is 18.7 Å². The summed E-state index contributed by atoms with van der Waals surface area (Å²) in [6.07, 6.45) is 0.665. The molecule has 0 bridgehead atoms. The minimum Gasteiger partial charge on any atom is -0.384 e. The lowest BCUT2D eigenvalue weighted by molar-refractivity contribution is 0.202. The maximum Gasteiger partial charge on any atom is 0.233 e. The largest absolute Gasteiger partial charge is 0.384 e. The van der Waals surface area contributed by atoms with Crippen LogP contribution in [0.15, 0.2) is 24.3 Å². The summed E-state index contributed by atoms with van der Waals surface area (Å²) in [5.41, 5.74) is 6.75. The third-order valence-corrected chi connectivity index (χ3v) is 3.55. The van der Waals surface area contributed by atoms with Crippen molar-refractivity contribution < 1.29 is 13.2 Å². The van der Waals surface area contributed by atoms with Crippen LogP contribution in [0.3, 0.4) is 0 Å². The van der Waals surface area contributed by atoms with Crippen LogP contribution in [-0.4, -0.2) is 34.4 Å². The van der Waals surface area contributed by atoms with Gasteiger partial charge in [-0.3, -0.25) is 4.72 Å². The monoisotopic (exact) mass is 258 g/mol. The number of para-hydroxylation sites is 1. The Labute approximate surface area is 102 Å². The highest BCUT2D eigenvalue weighted by Crippen LogP contribution is 2.17. The van der Waals surface area contributed by atoms with Gasteiger partial charge in [-0.2, -0.15) is 0 Å². The van der Waals surface area contributed by atoms with Gasteiger partial charge in [0.05, 0.1) is 18.0 Å². The Morgan fingerprint density at radius 3 is 2.71 bits per heavy atom. The minimum absolute atomic E-state index is 0.0778. The number of hydrogen-bond acceptors (Lipinski definition) is 4. The molecule has 0 saturated heterocycles. The second kappa shape index (κ2) is 6.58. The zero-order chi connectivity index (χ0) is 12.7. The first-order valence-corrected chi connectivity index (χ1v) is 7.01. The molecule has 0 unspecified atom stereocenters. The summed E-state index contributed by atoms with van der Waals surface area (Å²) in [6, 6.07) is 7.26. The standard InChI is InChI=1S/C11H18N2O3S/c1-16-8-6-10-4-2-3-5-11(10)13-17(14,15)9-7-12/h2-5,13H,6-9,12H2,1H3. The molecular formula is C11H18N2O3S. The van der Waals surface area contributed by atoms with Crippen molar-refractivity contribution in [3.8, 4) is 0 Å². The first kappa shape index (κ1) is 14.0. The van der Waals surface area contributed by atoms with Gasteiger partial charge in [-0.05, 0) is 18.1 Å². The van der Waals surface area contributed by atoms with Gasteiger partial charge in [0.2, 0.25) is 10.0 Å². The first-order valence-electron chi connectivity index (χ1n) is 5.36. The van der Waals surface area contributed by atoms with Crippen molar-refractivity contribution in [3.63, 3.8) is 0 Å². The van der Waals surface area contributed by atoms with Gasteiger partial charge >= 0.3 is 0 Å². The molecule has 0 radical (unpaired) electrons. The zero-order valence-electron chi connectivity index (χ0n) is 9.85. The lowest BCUT2D eigenvalue weighted by Gasteiger charge is -2.11. The SMILES string of the molecule is COCCc1ccccc1NS(=O)(=O)CCN. The number of nitrogens with one attached hydrogen (secondary N) is 1. The molecule has 1 aromatic rings. The lowest BCUT2D eigenvalue weighted by Crippen LogP contribution is -2.23. The number of hydrogen-bond donors (Lipinski definition) is 2. The summed E-state index contributed by atoms with van der Waals surface area (Å²) in [4.78, 5) is 0. The van der Waals surface area contributed by atoms with E-state index in [1.54, 1.807) is 19.2 Å². The molecule has 0 aromatic heterocycles. The van der Waals surface area contributed by atoms with E-state index in [-0.39, 0.29) is 12.3 Å². The van der Waals surface area contributed by atoms with Crippen LogP contribution in [0.2, 0.25) is 0 Å². The van der Waals surface area contributed by atoms with Gasteiger partial charge in [0.1, 0.15) is 0 Å². The molecule has 0 aliphatic heterocycles. The molecule has 0 saturated carbocycles. The van der Waals surface area contributed by atoms with Crippen LogP contribution in [0, 0.1) is 0 Å². The predicted octanol–water partition coefficient (Wildman–Crippen LogP) is 0.576. The van der Waals surface area contributed by atoms with Crippen LogP contribution in [0.25, 0.3) is 0 Å². The second-order valence-corrected chi connectivity index (χ2v) is 5.45. The Morgan fingerprint density at radius 2 is 2.06 bits per heavy atom. The van der Waals surface area contributed by atoms with Gasteiger partial charge in [0, 0.05) is 13.7 Å². The Kier molecular flexibility index (Phi) is 5.40. The third kappa shape index (κ3) is 4.72. The van der Waals surface area contributed by atoms with Crippen LogP contribution in [0.4, 0.5) is 5.69 Å². The number of benzene rings is 1. The molecule has 0 heterocycles. The van der Waals surface area contributed by atoms with Crippen molar-refractivity contribution in [1.82, 2.24) is 0 Å². The molecule has 17 heavy (non-hydrogen) atoms. The van der Waals surface area contributed by atoms with E-state index in [0.717, 1.165) is 5.56 Å². The van der Waals surface area contributed by atoms with Crippen LogP contribution in [0.5, 0.6) is 0 Å². The molecule has 0 spiro atoms. The highest BCUT2D eigenvalue weighted by molar-refractivity contribution is 7.92. The molecule has 1 rings (SSSR count). The average Bonchev–Trinajstić information content (AvgIpc) is 2.27. The van der Waals surface area contributed by atoms with Crippen LogP contribution in [0.1, 0.15) is 5.56 Å². The molecule has 0 amide bonds. The van der Waals surface area contributed by atoms with Crippen molar-refractivity contribution in [2.45, 2.75) is 6.42 Å². The fourth-order valence-electron chi connectivity index (χ4n) is 1.42. The number of anilines is 1. The smallest absolute Gasteiger partial charge is 0.233 e. The zero-order valence-corrected chi connectivity index (χ0v) is 10.7. The first-order chi connectivity index (χ1) is 8.09. The van der Waals surface area contributed by atoms with E-state index in [2.05, 4.69) is 4.72 Å². The van der Waals surface area contributed by atoms with Crippen molar-refractivity contribution in [1.29, 1.82) is 0 Å². The number of nitrogens with two attached hydrogens (primary N) is 1. The van der Waals surface area contributed by atoms with Gasteiger partial charge in [-0.25, -0.2) is 8.42 Å². The van der Waals surface area contributed by atoms with Gasteiger partial charge in [-0.1, -0.05) is 18.2 Å². The van der Waals surface area contributed by atoms with Crippen LogP contribution in [-0.2, 0) is 21.2 Å². The molecule has 5 nitrogen and oxygen atoms in total. The molecule has 0 aliphatic rings. The number of methoxy groups -OCH3 is 1. The van der Waals surface area contributed by atoms with Crippen LogP contribution >= 0.6 is 0 Å². The molecule has 1 aromatic carbocycles.